The lowest BCUT2D eigenvalue weighted by atomic mass is 9.88. The van der Waals surface area contributed by atoms with Crippen LogP contribution in [0.2, 0.25) is 0 Å². The van der Waals surface area contributed by atoms with Crippen molar-refractivity contribution >= 4 is 5.91 Å². The molecule has 0 unspecified atom stereocenters. The number of hydrogen-bond donors (Lipinski definition) is 3. The normalized spacial score (nSPS) is 26.1. The lowest BCUT2D eigenvalue weighted by molar-refractivity contribution is 0.0562. The van der Waals surface area contributed by atoms with E-state index in [4.69, 9.17) is 0 Å². The van der Waals surface area contributed by atoms with Crippen molar-refractivity contribution < 1.29 is 9.90 Å². The SMILES string of the molecule is O=C(NC1CC(O)C1)c1cccc2c1CCNC2. The van der Waals surface area contributed by atoms with Gasteiger partial charge in [0.15, 0.2) is 0 Å². The summed E-state index contributed by atoms with van der Waals surface area (Å²) in [6.45, 7) is 1.78. The van der Waals surface area contributed by atoms with Crippen LogP contribution in [0, 0.1) is 0 Å². The summed E-state index contributed by atoms with van der Waals surface area (Å²) >= 11 is 0. The topological polar surface area (TPSA) is 61.4 Å². The van der Waals surface area contributed by atoms with Gasteiger partial charge in [-0.2, -0.15) is 0 Å². The van der Waals surface area contributed by atoms with Gasteiger partial charge in [-0.15, -0.1) is 0 Å². The van der Waals surface area contributed by atoms with Crippen molar-refractivity contribution in [2.45, 2.75) is 38.0 Å². The number of rotatable bonds is 2. The summed E-state index contributed by atoms with van der Waals surface area (Å²) in [6.07, 6.45) is 2.04. The zero-order valence-corrected chi connectivity index (χ0v) is 10.3. The minimum absolute atomic E-state index is 0.00523. The molecule has 1 aliphatic heterocycles. The Morgan fingerprint density at radius 3 is 3.00 bits per heavy atom. The Morgan fingerprint density at radius 1 is 1.39 bits per heavy atom. The van der Waals surface area contributed by atoms with E-state index in [1.807, 2.05) is 12.1 Å². The first kappa shape index (κ1) is 11.7. The fraction of sp³-hybridized carbons (Fsp3) is 0.500. The maximum Gasteiger partial charge on any atom is 0.251 e. The molecule has 0 bridgehead atoms. The molecule has 96 valence electrons. The molecule has 1 fully saturated rings. The van der Waals surface area contributed by atoms with Gasteiger partial charge >= 0.3 is 0 Å². The van der Waals surface area contributed by atoms with Crippen molar-refractivity contribution in [3.63, 3.8) is 0 Å². The minimum atomic E-state index is -0.232. The predicted molar refractivity (Wildman–Crippen MR) is 68.3 cm³/mol. The summed E-state index contributed by atoms with van der Waals surface area (Å²) in [6, 6.07) is 6.06. The number of carbonyl (C=O) groups is 1. The number of aliphatic hydroxyl groups is 1. The second-order valence-corrected chi connectivity index (χ2v) is 5.17. The Hall–Kier alpha value is -1.39. The summed E-state index contributed by atoms with van der Waals surface area (Å²) in [5.41, 5.74) is 3.20. The van der Waals surface area contributed by atoms with Gasteiger partial charge in [-0.1, -0.05) is 12.1 Å². The second kappa shape index (κ2) is 4.71. The van der Waals surface area contributed by atoms with Crippen LogP contribution in [-0.2, 0) is 13.0 Å². The van der Waals surface area contributed by atoms with Crippen LogP contribution in [0.1, 0.15) is 34.3 Å². The molecule has 1 aliphatic carbocycles. The zero-order chi connectivity index (χ0) is 12.5. The van der Waals surface area contributed by atoms with E-state index in [0.29, 0.717) is 12.8 Å². The number of amides is 1. The predicted octanol–water partition coefficient (Wildman–Crippen LogP) is 0.585. The number of benzene rings is 1. The van der Waals surface area contributed by atoms with E-state index in [1.165, 1.54) is 11.1 Å². The fourth-order valence-corrected chi connectivity index (χ4v) is 2.71. The van der Waals surface area contributed by atoms with E-state index >= 15 is 0 Å². The summed E-state index contributed by atoms with van der Waals surface area (Å²) in [5, 5.41) is 15.5. The summed E-state index contributed by atoms with van der Waals surface area (Å²) in [5.74, 6) is 0.00523. The van der Waals surface area contributed by atoms with Crippen LogP contribution in [-0.4, -0.2) is 29.7 Å². The summed E-state index contributed by atoms with van der Waals surface area (Å²) in [4.78, 5) is 12.2. The van der Waals surface area contributed by atoms with E-state index in [9.17, 15) is 9.90 Å². The van der Waals surface area contributed by atoms with E-state index < -0.39 is 0 Å². The molecule has 4 nitrogen and oxygen atoms in total. The van der Waals surface area contributed by atoms with Crippen LogP contribution < -0.4 is 10.6 Å². The average molecular weight is 246 g/mol. The highest BCUT2D eigenvalue weighted by Gasteiger charge is 2.29. The van der Waals surface area contributed by atoms with Crippen molar-refractivity contribution in [1.82, 2.24) is 10.6 Å². The zero-order valence-electron chi connectivity index (χ0n) is 10.3. The first-order chi connectivity index (χ1) is 8.74. The summed E-state index contributed by atoms with van der Waals surface area (Å²) < 4.78 is 0. The molecular formula is C14H18N2O2. The highest BCUT2D eigenvalue weighted by atomic mass is 16.3. The molecule has 1 heterocycles. The maximum atomic E-state index is 12.2. The fourth-order valence-electron chi connectivity index (χ4n) is 2.71. The Kier molecular flexibility index (Phi) is 3.06. The van der Waals surface area contributed by atoms with Gasteiger partial charge in [-0.05, 0) is 43.0 Å². The number of nitrogens with one attached hydrogen (secondary N) is 2. The Labute approximate surface area is 106 Å². The van der Waals surface area contributed by atoms with Gasteiger partial charge in [0.2, 0.25) is 0 Å². The van der Waals surface area contributed by atoms with Crippen LogP contribution in [0.3, 0.4) is 0 Å². The molecule has 1 aromatic carbocycles. The van der Waals surface area contributed by atoms with Gasteiger partial charge in [-0.3, -0.25) is 4.79 Å². The lowest BCUT2D eigenvalue weighted by Crippen LogP contribution is -2.47. The van der Waals surface area contributed by atoms with Crippen molar-refractivity contribution in [3.8, 4) is 0 Å². The smallest absolute Gasteiger partial charge is 0.251 e. The highest BCUT2D eigenvalue weighted by Crippen LogP contribution is 2.22. The van der Waals surface area contributed by atoms with E-state index in [-0.39, 0.29) is 18.1 Å². The molecule has 0 spiro atoms. The molecule has 18 heavy (non-hydrogen) atoms. The quantitative estimate of drug-likeness (QED) is 0.715. The van der Waals surface area contributed by atoms with Gasteiger partial charge in [0.05, 0.1) is 6.10 Å². The number of fused-ring (bicyclic) bond motifs is 1. The van der Waals surface area contributed by atoms with Crippen molar-refractivity contribution in [3.05, 3.63) is 34.9 Å². The van der Waals surface area contributed by atoms with E-state index in [0.717, 1.165) is 25.1 Å². The van der Waals surface area contributed by atoms with Crippen molar-refractivity contribution in [2.75, 3.05) is 6.54 Å². The van der Waals surface area contributed by atoms with Gasteiger partial charge in [-0.25, -0.2) is 0 Å². The van der Waals surface area contributed by atoms with Crippen LogP contribution in [0.25, 0.3) is 0 Å². The molecule has 0 saturated heterocycles. The third kappa shape index (κ3) is 2.13. The largest absolute Gasteiger partial charge is 0.393 e. The van der Waals surface area contributed by atoms with Crippen LogP contribution in [0.15, 0.2) is 18.2 Å². The molecule has 1 amide bonds. The lowest BCUT2D eigenvalue weighted by Gasteiger charge is -2.32. The number of hydrogen-bond acceptors (Lipinski definition) is 3. The Morgan fingerprint density at radius 2 is 2.22 bits per heavy atom. The monoisotopic (exact) mass is 246 g/mol. The number of aliphatic hydroxyl groups excluding tert-OH is 1. The minimum Gasteiger partial charge on any atom is -0.393 e. The van der Waals surface area contributed by atoms with Crippen LogP contribution in [0.4, 0.5) is 0 Å². The number of carbonyl (C=O) groups excluding carboxylic acids is 1. The molecular weight excluding hydrogens is 228 g/mol. The first-order valence-electron chi connectivity index (χ1n) is 6.54. The second-order valence-electron chi connectivity index (χ2n) is 5.17. The average Bonchev–Trinajstić information content (AvgIpc) is 2.36. The summed E-state index contributed by atoms with van der Waals surface area (Å²) in [7, 11) is 0. The van der Waals surface area contributed by atoms with Crippen molar-refractivity contribution in [2.24, 2.45) is 0 Å². The van der Waals surface area contributed by atoms with Gasteiger partial charge < -0.3 is 15.7 Å². The molecule has 3 N–H and O–H groups in total. The molecule has 0 aromatic heterocycles. The van der Waals surface area contributed by atoms with Gasteiger partial charge in [0.1, 0.15) is 0 Å². The molecule has 4 heteroatoms. The first-order valence-corrected chi connectivity index (χ1v) is 6.54. The van der Waals surface area contributed by atoms with E-state index in [2.05, 4.69) is 16.7 Å². The third-order valence-corrected chi connectivity index (χ3v) is 3.83. The maximum absolute atomic E-state index is 12.2. The molecule has 1 aromatic rings. The Bertz CT molecular complexity index is 467. The highest BCUT2D eigenvalue weighted by molar-refractivity contribution is 5.96. The Balaban J connectivity index is 1.77. The van der Waals surface area contributed by atoms with Crippen LogP contribution >= 0.6 is 0 Å². The molecule has 0 atom stereocenters. The molecule has 3 rings (SSSR count). The standard InChI is InChI=1S/C14H18N2O2/c17-11-6-10(7-11)16-14(18)13-3-1-2-9-8-15-5-4-12(9)13/h1-3,10-11,15,17H,4-8H2,(H,16,18). The molecule has 2 aliphatic rings. The van der Waals surface area contributed by atoms with Crippen LogP contribution in [0.5, 0.6) is 0 Å². The van der Waals surface area contributed by atoms with Gasteiger partial charge in [0, 0.05) is 18.2 Å². The molecule has 1 saturated carbocycles. The van der Waals surface area contributed by atoms with Gasteiger partial charge in [0.25, 0.3) is 5.91 Å². The van der Waals surface area contributed by atoms with Crippen molar-refractivity contribution in [1.29, 1.82) is 0 Å². The van der Waals surface area contributed by atoms with E-state index in [1.54, 1.807) is 0 Å². The third-order valence-electron chi connectivity index (χ3n) is 3.83. The molecule has 0 radical (unpaired) electrons.